The van der Waals surface area contributed by atoms with Crippen LogP contribution in [-0.2, 0) is 5.41 Å². The first-order valence-electron chi connectivity index (χ1n) is 9.65. The summed E-state index contributed by atoms with van der Waals surface area (Å²) in [6, 6.07) is 15.2. The number of phenols is 1. The molecule has 0 saturated heterocycles. The van der Waals surface area contributed by atoms with Crippen LogP contribution in [0.5, 0.6) is 5.75 Å². The largest absolute Gasteiger partial charge is 0.508 e. The molecule has 0 aliphatic carbocycles. The Kier molecular flexibility index (Phi) is 5.16. The van der Waals surface area contributed by atoms with Crippen LogP contribution in [0.25, 0.3) is 16.9 Å². The topological polar surface area (TPSA) is 118 Å². The van der Waals surface area contributed by atoms with Crippen LogP contribution in [0.3, 0.4) is 0 Å². The number of aromatic nitrogens is 4. The van der Waals surface area contributed by atoms with Gasteiger partial charge < -0.3 is 14.9 Å². The molecule has 9 nitrogen and oxygen atoms in total. The summed E-state index contributed by atoms with van der Waals surface area (Å²) in [5.74, 6) is 1.23. The highest BCUT2D eigenvalue weighted by Crippen LogP contribution is 2.25. The Labute approximate surface area is 178 Å². The Morgan fingerprint density at radius 1 is 1.03 bits per heavy atom. The van der Waals surface area contributed by atoms with Crippen molar-refractivity contribution in [2.75, 3.05) is 10.6 Å². The van der Waals surface area contributed by atoms with Gasteiger partial charge in [-0.25, -0.2) is 9.48 Å². The molecule has 0 bridgehead atoms. The lowest BCUT2D eigenvalue weighted by atomic mass is 9.93. The third kappa shape index (κ3) is 4.72. The number of hydrogen-bond donors (Lipinski definition) is 3. The van der Waals surface area contributed by atoms with Gasteiger partial charge >= 0.3 is 6.03 Å². The minimum atomic E-state index is -0.417. The highest BCUT2D eigenvalue weighted by molar-refractivity contribution is 5.99. The number of hydrogen-bond acceptors (Lipinski definition) is 6. The molecule has 9 heteroatoms. The monoisotopic (exact) mass is 418 g/mol. The lowest BCUT2D eigenvalue weighted by molar-refractivity contribution is 0.262. The van der Waals surface area contributed by atoms with E-state index in [4.69, 9.17) is 4.52 Å². The summed E-state index contributed by atoms with van der Waals surface area (Å²) in [5.41, 5.74) is 2.74. The van der Waals surface area contributed by atoms with E-state index in [1.165, 1.54) is 0 Å². The molecule has 0 spiro atoms. The fourth-order valence-electron chi connectivity index (χ4n) is 2.82. The molecule has 0 radical (unpaired) electrons. The summed E-state index contributed by atoms with van der Waals surface area (Å²) in [5, 5.41) is 27.0. The van der Waals surface area contributed by atoms with Crippen molar-refractivity contribution in [3.63, 3.8) is 0 Å². The second kappa shape index (κ2) is 7.94. The van der Waals surface area contributed by atoms with E-state index in [2.05, 4.69) is 26.1 Å². The van der Waals surface area contributed by atoms with Gasteiger partial charge in [-0.3, -0.25) is 5.32 Å². The van der Waals surface area contributed by atoms with Crippen LogP contribution < -0.4 is 10.6 Å². The van der Waals surface area contributed by atoms with Crippen LogP contribution in [0, 0.1) is 0 Å². The molecule has 3 N–H and O–H groups in total. The molecular formula is C22H22N6O3. The maximum atomic E-state index is 12.2. The Morgan fingerprint density at radius 2 is 1.74 bits per heavy atom. The van der Waals surface area contributed by atoms with Crippen molar-refractivity contribution in [2.45, 2.75) is 26.2 Å². The number of amides is 2. The molecule has 0 aliphatic rings. The molecule has 158 valence electrons. The maximum Gasteiger partial charge on any atom is 0.324 e. The third-order valence-electron chi connectivity index (χ3n) is 4.54. The molecule has 2 heterocycles. The van der Waals surface area contributed by atoms with Gasteiger partial charge in [0.05, 0.1) is 11.9 Å². The normalized spacial score (nSPS) is 11.3. The number of nitrogens with zero attached hydrogens (tertiary/aromatic N) is 4. The highest BCUT2D eigenvalue weighted by atomic mass is 16.5. The fraction of sp³-hybridized carbons (Fsp3) is 0.182. The zero-order valence-corrected chi connectivity index (χ0v) is 17.3. The van der Waals surface area contributed by atoms with Crippen molar-refractivity contribution in [3.8, 4) is 22.7 Å². The van der Waals surface area contributed by atoms with Crippen LogP contribution in [0.2, 0.25) is 0 Å². The number of benzene rings is 2. The molecule has 4 aromatic rings. The zero-order chi connectivity index (χ0) is 22.0. The second-order valence-corrected chi connectivity index (χ2v) is 8.05. The van der Waals surface area contributed by atoms with Gasteiger partial charge in [-0.05, 0) is 36.4 Å². The quantitative estimate of drug-likeness (QED) is 0.447. The SMILES string of the molecule is CC(C)(C)c1cc(NC(=O)Nc2ccc(-c3cn(-c4ccc(O)cc4)nn3)cc2)no1. The Bertz CT molecular complexity index is 1190. The van der Waals surface area contributed by atoms with Crippen molar-refractivity contribution in [1.29, 1.82) is 0 Å². The number of carbonyl (C=O) groups is 1. The molecule has 2 amide bonds. The molecule has 0 aliphatic heterocycles. The van der Waals surface area contributed by atoms with Gasteiger partial charge in [0, 0.05) is 22.7 Å². The second-order valence-electron chi connectivity index (χ2n) is 8.05. The van der Waals surface area contributed by atoms with Crippen LogP contribution in [-0.4, -0.2) is 31.3 Å². The van der Waals surface area contributed by atoms with Crippen molar-refractivity contribution in [2.24, 2.45) is 0 Å². The predicted molar refractivity (Wildman–Crippen MR) is 116 cm³/mol. The van der Waals surface area contributed by atoms with Gasteiger partial charge in [-0.15, -0.1) is 5.10 Å². The number of aromatic hydroxyl groups is 1. The average Bonchev–Trinajstić information content (AvgIpc) is 3.39. The maximum absolute atomic E-state index is 12.2. The van der Waals surface area contributed by atoms with Gasteiger partial charge in [-0.1, -0.05) is 43.3 Å². The number of carbonyl (C=O) groups excluding carboxylic acids is 1. The first kappa shape index (κ1) is 20.1. The summed E-state index contributed by atoms with van der Waals surface area (Å²) in [6.45, 7) is 6.01. The molecule has 0 saturated carbocycles. The number of anilines is 2. The van der Waals surface area contributed by atoms with E-state index in [1.807, 2.05) is 32.9 Å². The van der Waals surface area contributed by atoms with E-state index in [1.54, 1.807) is 53.3 Å². The standard InChI is InChI=1S/C22H22N6O3/c1-22(2,3)19-12-20(26-31-19)24-21(30)23-15-6-4-14(5-7-15)18-13-28(27-25-18)16-8-10-17(29)11-9-16/h4-13,29H,1-3H3,(H2,23,24,26,30). The van der Waals surface area contributed by atoms with Crippen molar-refractivity contribution < 1.29 is 14.4 Å². The summed E-state index contributed by atoms with van der Waals surface area (Å²) >= 11 is 0. The first-order valence-corrected chi connectivity index (χ1v) is 9.65. The van der Waals surface area contributed by atoms with Crippen LogP contribution in [0.4, 0.5) is 16.3 Å². The Balaban J connectivity index is 1.40. The van der Waals surface area contributed by atoms with Crippen molar-refractivity contribution in [3.05, 3.63) is 66.6 Å². The molecule has 4 rings (SSSR count). The van der Waals surface area contributed by atoms with Gasteiger partial charge in [0.2, 0.25) is 0 Å². The number of rotatable bonds is 4. The van der Waals surface area contributed by atoms with E-state index in [-0.39, 0.29) is 11.2 Å². The first-order chi connectivity index (χ1) is 14.8. The number of phenolic OH excluding ortho intramolecular Hbond substituents is 1. The summed E-state index contributed by atoms with van der Waals surface area (Å²) < 4.78 is 6.89. The van der Waals surface area contributed by atoms with Crippen LogP contribution >= 0.6 is 0 Å². The van der Waals surface area contributed by atoms with Crippen molar-refractivity contribution in [1.82, 2.24) is 20.2 Å². The van der Waals surface area contributed by atoms with E-state index >= 15 is 0 Å². The molecule has 2 aromatic heterocycles. The van der Waals surface area contributed by atoms with Crippen LogP contribution in [0.1, 0.15) is 26.5 Å². The molecular weight excluding hydrogens is 396 g/mol. The highest BCUT2D eigenvalue weighted by Gasteiger charge is 2.20. The Morgan fingerprint density at radius 3 is 2.39 bits per heavy atom. The van der Waals surface area contributed by atoms with E-state index in [0.29, 0.717) is 23.0 Å². The summed E-state index contributed by atoms with van der Waals surface area (Å²) in [6.07, 6.45) is 1.79. The molecule has 2 aromatic carbocycles. The minimum Gasteiger partial charge on any atom is -0.508 e. The van der Waals surface area contributed by atoms with E-state index in [9.17, 15) is 9.90 Å². The summed E-state index contributed by atoms with van der Waals surface area (Å²) in [7, 11) is 0. The van der Waals surface area contributed by atoms with Crippen LogP contribution in [0.15, 0.2) is 65.3 Å². The number of nitrogens with one attached hydrogen (secondary N) is 2. The van der Waals surface area contributed by atoms with Gasteiger partial charge in [0.15, 0.2) is 5.82 Å². The third-order valence-corrected chi connectivity index (χ3v) is 4.54. The number of urea groups is 1. The van der Waals surface area contributed by atoms with Crippen molar-refractivity contribution >= 4 is 17.5 Å². The molecule has 0 atom stereocenters. The predicted octanol–water partition coefficient (Wildman–Crippen LogP) is 4.57. The Hall–Kier alpha value is -4.14. The zero-order valence-electron chi connectivity index (χ0n) is 17.3. The lowest BCUT2D eigenvalue weighted by Crippen LogP contribution is -2.19. The van der Waals surface area contributed by atoms with E-state index in [0.717, 1.165) is 11.3 Å². The molecule has 31 heavy (non-hydrogen) atoms. The fourth-order valence-corrected chi connectivity index (χ4v) is 2.82. The lowest BCUT2D eigenvalue weighted by Gasteiger charge is -2.12. The average molecular weight is 418 g/mol. The smallest absolute Gasteiger partial charge is 0.324 e. The molecule has 0 fully saturated rings. The summed E-state index contributed by atoms with van der Waals surface area (Å²) in [4.78, 5) is 12.2. The minimum absolute atomic E-state index is 0.189. The van der Waals surface area contributed by atoms with Gasteiger partial charge in [-0.2, -0.15) is 0 Å². The van der Waals surface area contributed by atoms with E-state index < -0.39 is 6.03 Å². The van der Waals surface area contributed by atoms with Gasteiger partial charge in [0.1, 0.15) is 17.2 Å². The molecule has 0 unspecified atom stereocenters. The van der Waals surface area contributed by atoms with Gasteiger partial charge in [0.25, 0.3) is 0 Å².